The second-order valence-corrected chi connectivity index (χ2v) is 5.34. The number of nitrogens with zero attached hydrogens (tertiary/aromatic N) is 1. The molecular weight excluding hydrogens is 316 g/mol. The fraction of sp³-hybridized carbons (Fsp3) is 0. The summed E-state index contributed by atoms with van der Waals surface area (Å²) in [5.74, 6) is -0.417. The second kappa shape index (κ2) is 6.06. The first-order chi connectivity index (χ1) is 11.0. The number of hydrogen-bond acceptors (Lipinski definition) is 3. The number of non-ortho nitro benzene ring substituents is 1. The molecule has 0 aliphatic carbocycles. The number of nitro groups is 1. The van der Waals surface area contributed by atoms with Crippen LogP contribution in [0.4, 0.5) is 11.4 Å². The van der Waals surface area contributed by atoms with Crippen LogP contribution in [0.25, 0.3) is 10.8 Å². The molecule has 1 N–H and O–H groups in total. The minimum atomic E-state index is -0.559. The number of anilines is 1. The van der Waals surface area contributed by atoms with Crippen LogP contribution < -0.4 is 5.32 Å². The maximum Gasteiger partial charge on any atom is 0.270 e. The minimum Gasteiger partial charge on any atom is -0.322 e. The first kappa shape index (κ1) is 15.0. The zero-order valence-electron chi connectivity index (χ0n) is 11.8. The van der Waals surface area contributed by atoms with Crippen molar-refractivity contribution >= 4 is 39.7 Å². The van der Waals surface area contributed by atoms with Gasteiger partial charge in [-0.1, -0.05) is 41.9 Å². The van der Waals surface area contributed by atoms with Crippen molar-refractivity contribution < 1.29 is 9.72 Å². The summed E-state index contributed by atoms with van der Waals surface area (Å²) in [6.45, 7) is 0. The molecule has 23 heavy (non-hydrogen) atoms. The molecule has 0 aromatic heterocycles. The number of halogens is 1. The Morgan fingerprint density at radius 2 is 1.74 bits per heavy atom. The van der Waals surface area contributed by atoms with E-state index in [2.05, 4.69) is 5.32 Å². The number of carbonyl (C=O) groups excluding carboxylic acids is 1. The highest BCUT2D eigenvalue weighted by molar-refractivity contribution is 6.34. The maximum absolute atomic E-state index is 12.3. The molecule has 0 aliphatic rings. The van der Waals surface area contributed by atoms with E-state index in [0.29, 0.717) is 5.69 Å². The van der Waals surface area contributed by atoms with E-state index < -0.39 is 10.8 Å². The Kier molecular flexibility index (Phi) is 3.95. The zero-order valence-corrected chi connectivity index (χ0v) is 12.6. The van der Waals surface area contributed by atoms with E-state index in [1.165, 1.54) is 12.1 Å². The smallest absolute Gasteiger partial charge is 0.270 e. The average molecular weight is 327 g/mol. The molecule has 0 atom stereocenters. The third-order valence-corrected chi connectivity index (χ3v) is 3.73. The molecule has 0 heterocycles. The van der Waals surface area contributed by atoms with Crippen LogP contribution in [-0.2, 0) is 0 Å². The van der Waals surface area contributed by atoms with Gasteiger partial charge in [-0.15, -0.1) is 0 Å². The van der Waals surface area contributed by atoms with Crippen LogP contribution in [0, 0.1) is 10.1 Å². The molecule has 0 saturated carbocycles. The molecule has 0 spiro atoms. The monoisotopic (exact) mass is 326 g/mol. The highest BCUT2D eigenvalue weighted by atomic mass is 35.5. The first-order valence-corrected chi connectivity index (χ1v) is 7.16. The Hall–Kier alpha value is -2.92. The predicted molar refractivity (Wildman–Crippen MR) is 90.0 cm³/mol. The minimum absolute atomic E-state index is 0.0393. The van der Waals surface area contributed by atoms with E-state index in [0.717, 1.165) is 16.8 Å². The lowest BCUT2D eigenvalue weighted by molar-refractivity contribution is -0.384. The summed E-state index contributed by atoms with van der Waals surface area (Å²) in [6.07, 6.45) is 0. The summed E-state index contributed by atoms with van der Waals surface area (Å²) in [5, 5.41) is 15.6. The van der Waals surface area contributed by atoms with Crippen LogP contribution in [0.15, 0.2) is 60.7 Å². The largest absolute Gasteiger partial charge is 0.322 e. The maximum atomic E-state index is 12.3. The van der Waals surface area contributed by atoms with Gasteiger partial charge in [0.2, 0.25) is 0 Å². The van der Waals surface area contributed by atoms with Crippen molar-refractivity contribution in [2.24, 2.45) is 0 Å². The Morgan fingerprint density at radius 1 is 1.00 bits per heavy atom. The Balaban J connectivity index is 1.87. The molecule has 0 fully saturated rings. The lowest BCUT2D eigenvalue weighted by atomic mass is 10.1. The molecular formula is C17H11ClN2O3. The van der Waals surface area contributed by atoms with Crippen molar-refractivity contribution in [1.29, 1.82) is 0 Å². The molecule has 0 unspecified atom stereocenters. The van der Waals surface area contributed by atoms with Gasteiger partial charge in [-0.25, -0.2) is 0 Å². The van der Waals surface area contributed by atoms with Gasteiger partial charge in [-0.2, -0.15) is 0 Å². The number of nitrogens with one attached hydrogen (secondary N) is 1. The molecule has 114 valence electrons. The van der Waals surface area contributed by atoms with Crippen LogP contribution in [0.1, 0.15) is 10.4 Å². The number of nitro benzene ring substituents is 1. The molecule has 0 bridgehead atoms. The van der Waals surface area contributed by atoms with Gasteiger partial charge in [-0.3, -0.25) is 14.9 Å². The number of hydrogen-bond donors (Lipinski definition) is 1. The summed E-state index contributed by atoms with van der Waals surface area (Å²) >= 11 is 5.96. The molecule has 0 aliphatic heterocycles. The van der Waals surface area contributed by atoms with Crippen LogP contribution in [0.2, 0.25) is 5.02 Å². The van der Waals surface area contributed by atoms with Gasteiger partial charge in [-0.05, 0) is 29.0 Å². The van der Waals surface area contributed by atoms with Gasteiger partial charge >= 0.3 is 0 Å². The van der Waals surface area contributed by atoms with E-state index in [1.54, 1.807) is 6.07 Å². The Morgan fingerprint density at radius 3 is 2.43 bits per heavy atom. The standard InChI is InChI=1S/C17H11ClN2O3/c18-16-10-14(20(22)23)7-8-15(16)17(21)19-13-6-5-11-3-1-2-4-12(11)9-13/h1-10H,(H,19,21). The fourth-order valence-corrected chi connectivity index (χ4v) is 2.53. The SMILES string of the molecule is O=C(Nc1ccc2ccccc2c1)c1ccc([N+](=O)[O-])cc1Cl. The number of fused-ring (bicyclic) bond motifs is 1. The van der Waals surface area contributed by atoms with Crippen LogP contribution in [0.5, 0.6) is 0 Å². The molecule has 5 nitrogen and oxygen atoms in total. The van der Waals surface area contributed by atoms with Crippen molar-refractivity contribution in [3.8, 4) is 0 Å². The van der Waals surface area contributed by atoms with Crippen molar-refractivity contribution in [2.75, 3.05) is 5.32 Å². The van der Waals surface area contributed by atoms with Crippen LogP contribution in [-0.4, -0.2) is 10.8 Å². The number of amides is 1. The summed E-state index contributed by atoms with van der Waals surface area (Å²) in [7, 11) is 0. The highest BCUT2D eigenvalue weighted by Crippen LogP contribution is 2.24. The van der Waals surface area contributed by atoms with E-state index in [9.17, 15) is 14.9 Å². The van der Waals surface area contributed by atoms with Gasteiger partial charge in [0.1, 0.15) is 0 Å². The molecule has 0 radical (unpaired) electrons. The van der Waals surface area contributed by atoms with Crippen LogP contribution >= 0.6 is 11.6 Å². The topological polar surface area (TPSA) is 72.2 Å². The van der Waals surface area contributed by atoms with Crippen LogP contribution in [0.3, 0.4) is 0 Å². The molecule has 6 heteroatoms. The quantitative estimate of drug-likeness (QED) is 0.562. The lowest BCUT2D eigenvalue weighted by Gasteiger charge is -2.08. The van der Waals surface area contributed by atoms with Gasteiger partial charge in [0.05, 0.1) is 15.5 Å². The average Bonchev–Trinajstić information content (AvgIpc) is 2.54. The van der Waals surface area contributed by atoms with E-state index in [-0.39, 0.29) is 16.3 Å². The molecule has 1 amide bonds. The molecule has 0 saturated heterocycles. The van der Waals surface area contributed by atoms with Gasteiger partial charge in [0, 0.05) is 17.8 Å². The number of benzene rings is 3. The van der Waals surface area contributed by atoms with Gasteiger partial charge in [0.25, 0.3) is 11.6 Å². The van der Waals surface area contributed by atoms with Crippen molar-refractivity contribution in [1.82, 2.24) is 0 Å². The summed E-state index contributed by atoms with van der Waals surface area (Å²) in [6, 6.07) is 17.1. The van der Waals surface area contributed by atoms with Gasteiger partial charge in [0.15, 0.2) is 0 Å². The van der Waals surface area contributed by atoms with E-state index in [1.807, 2.05) is 36.4 Å². The van der Waals surface area contributed by atoms with Crippen molar-refractivity contribution in [3.63, 3.8) is 0 Å². The molecule has 3 rings (SSSR count). The highest BCUT2D eigenvalue weighted by Gasteiger charge is 2.15. The van der Waals surface area contributed by atoms with E-state index in [4.69, 9.17) is 11.6 Å². The van der Waals surface area contributed by atoms with E-state index >= 15 is 0 Å². The summed E-state index contributed by atoms with van der Waals surface area (Å²) in [4.78, 5) is 22.4. The Bertz CT molecular complexity index is 925. The normalized spacial score (nSPS) is 10.5. The number of carbonyl (C=O) groups is 1. The van der Waals surface area contributed by atoms with Gasteiger partial charge < -0.3 is 5.32 Å². The molecule has 3 aromatic carbocycles. The third-order valence-electron chi connectivity index (χ3n) is 3.42. The predicted octanol–water partition coefficient (Wildman–Crippen LogP) is 4.65. The van der Waals surface area contributed by atoms with Crippen molar-refractivity contribution in [3.05, 3.63) is 81.4 Å². The lowest BCUT2D eigenvalue weighted by Crippen LogP contribution is -2.12. The van der Waals surface area contributed by atoms with Crippen molar-refractivity contribution in [2.45, 2.75) is 0 Å². The summed E-state index contributed by atoms with van der Waals surface area (Å²) in [5.41, 5.74) is 0.658. The zero-order chi connectivity index (χ0) is 16.4. The number of rotatable bonds is 3. The first-order valence-electron chi connectivity index (χ1n) is 6.79. The molecule has 3 aromatic rings. The third kappa shape index (κ3) is 3.14. The summed E-state index contributed by atoms with van der Waals surface area (Å²) < 4.78 is 0. The fourth-order valence-electron chi connectivity index (χ4n) is 2.27. The second-order valence-electron chi connectivity index (χ2n) is 4.94. The Labute approximate surface area is 136 Å².